The number of carbonyl (C=O) groups is 3. The zero-order chi connectivity index (χ0) is 24.0. The van der Waals surface area contributed by atoms with Gasteiger partial charge in [-0.3, -0.25) is 4.90 Å². The molecule has 3 rings (SSSR count). The van der Waals surface area contributed by atoms with Crippen LogP contribution in [0.4, 0.5) is 15.3 Å². The predicted molar refractivity (Wildman–Crippen MR) is 127 cm³/mol. The first-order valence-electron chi connectivity index (χ1n) is 11.0. The SMILES string of the molecule is CCCN1C(=O)NC(c2ccc(NC(=O)N(C)C)cc2)C(C(=O)OCC)=C1c1ccccc1. The Kier molecular flexibility index (Phi) is 7.71. The molecule has 1 aliphatic rings. The molecule has 0 aliphatic carbocycles. The molecule has 4 amide bonds. The van der Waals surface area contributed by atoms with E-state index in [-0.39, 0.29) is 18.7 Å². The summed E-state index contributed by atoms with van der Waals surface area (Å²) in [6, 6.07) is 15.2. The lowest BCUT2D eigenvalue weighted by molar-refractivity contribution is -0.138. The van der Waals surface area contributed by atoms with E-state index in [0.29, 0.717) is 29.1 Å². The maximum absolute atomic E-state index is 13.2. The maximum Gasteiger partial charge on any atom is 0.338 e. The van der Waals surface area contributed by atoms with E-state index in [4.69, 9.17) is 4.74 Å². The van der Waals surface area contributed by atoms with Gasteiger partial charge in [-0.15, -0.1) is 0 Å². The number of hydrogen-bond donors (Lipinski definition) is 2. The van der Waals surface area contributed by atoms with Crippen LogP contribution in [-0.4, -0.2) is 55.1 Å². The molecule has 0 spiro atoms. The molecule has 1 atom stereocenters. The van der Waals surface area contributed by atoms with Crippen molar-refractivity contribution in [1.82, 2.24) is 15.1 Å². The Balaban J connectivity index is 2.11. The molecule has 1 heterocycles. The average molecular weight is 451 g/mol. The first-order valence-corrected chi connectivity index (χ1v) is 11.0. The van der Waals surface area contributed by atoms with Gasteiger partial charge in [0, 0.05) is 26.3 Å². The minimum Gasteiger partial charge on any atom is -0.463 e. The summed E-state index contributed by atoms with van der Waals surface area (Å²) in [4.78, 5) is 41.3. The van der Waals surface area contributed by atoms with Crippen molar-refractivity contribution in [2.24, 2.45) is 0 Å². The van der Waals surface area contributed by atoms with Gasteiger partial charge in [0.25, 0.3) is 0 Å². The van der Waals surface area contributed by atoms with E-state index in [1.165, 1.54) is 4.90 Å². The summed E-state index contributed by atoms with van der Waals surface area (Å²) in [5.74, 6) is -0.479. The Hall–Kier alpha value is -3.81. The molecule has 0 saturated heterocycles. The van der Waals surface area contributed by atoms with Crippen molar-refractivity contribution >= 4 is 29.4 Å². The van der Waals surface area contributed by atoms with Crippen LogP contribution in [-0.2, 0) is 9.53 Å². The summed E-state index contributed by atoms with van der Waals surface area (Å²) in [5, 5.41) is 5.75. The van der Waals surface area contributed by atoms with Crippen molar-refractivity contribution in [3.8, 4) is 0 Å². The Morgan fingerprint density at radius 3 is 2.30 bits per heavy atom. The summed E-state index contributed by atoms with van der Waals surface area (Å²) in [5.41, 5.74) is 3.01. The molecule has 8 nitrogen and oxygen atoms in total. The summed E-state index contributed by atoms with van der Waals surface area (Å²) >= 11 is 0. The fraction of sp³-hybridized carbons (Fsp3) is 0.320. The predicted octanol–water partition coefficient (Wildman–Crippen LogP) is 4.23. The minimum atomic E-state index is -0.696. The summed E-state index contributed by atoms with van der Waals surface area (Å²) in [7, 11) is 3.32. The van der Waals surface area contributed by atoms with Crippen molar-refractivity contribution in [1.29, 1.82) is 0 Å². The molecule has 0 saturated carbocycles. The van der Waals surface area contributed by atoms with E-state index < -0.39 is 12.0 Å². The molecule has 1 unspecified atom stereocenters. The van der Waals surface area contributed by atoms with E-state index in [1.807, 2.05) is 37.3 Å². The number of nitrogens with zero attached hydrogens (tertiary/aromatic N) is 2. The topological polar surface area (TPSA) is 91.0 Å². The number of carbonyl (C=O) groups excluding carboxylic acids is 3. The summed E-state index contributed by atoms with van der Waals surface area (Å²) < 4.78 is 5.41. The van der Waals surface area contributed by atoms with Crippen LogP contribution in [0.2, 0.25) is 0 Å². The lowest BCUT2D eigenvalue weighted by Crippen LogP contribution is -2.48. The van der Waals surface area contributed by atoms with Crippen molar-refractivity contribution in [3.63, 3.8) is 0 Å². The highest BCUT2D eigenvalue weighted by molar-refractivity contribution is 6.04. The van der Waals surface area contributed by atoms with E-state index in [0.717, 1.165) is 12.0 Å². The zero-order valence-electron chi connectivity index (χ0n) is 19.4. The number of anilines is 1. The highest BCUT2D eigenvalue weighted by atomic mass is 16.5. The number of amides is 4. The first-order chi connectivity index (χ1) is 15.9. The average Bonchev–Trinajstić information content (AvgIpc) is 2.81. The van der Waals surface area contributed by atoms with Crippen LogP contribution < -0.4 is 10.6 Å². The van der Waals surface area contributed by atoms with Gasteiger partial charge in [-0.05, 0) is 36.6 Å². The van der Waals surface area contributed by atoms with Gasteiger partial charge in [-0.2, -0.15) is 0 Å². The van der Waals surface area contributed by atoms with Gasteiger partial charge >= 0.3 is 18.0 Å². The monoisotopic (exact) mass is 450 g/mol. The second kappa shape index (κ2) is 10.7. The Labute approximate surface area is 194 Å². The number of benzene rings is 2. The molecule has 2 aromatic rings. The third-order valence-corrected chi connectivity index (χ3v) is 5.22. The van der Waals surface area contributed by atoms with Gasteiger partial charge in [0.05, 0.1) is 23.9 Å². The lowest BCUT2D eigenvalue weighted by atomic mass is 9.91. The number of urea groups is 2. The van der Waals surface area contributed by atoms with Gasteiger partial charge in [-0.25, -0.2) is 14.4 Å². The molecule has 174 valence electrons. The minimum absolute atomic E-state index is 0.217. The normalized spacial score (nSPS) is 15.7. The molecule has 1 aliphatic heterocycles. The summed E-state index contributed by atoms with van der Waals surface area (Å²) in [6.07, 6.45) is 0.727. The number of esters is 1. The van der Waals surface area contributed by atoms with Gasteiger partial charge < -0.3 is 20.3 Å². The zero-order valence-corrected chi connectivity index (χ0v) is 19.4. The van der Waals surface area contributed by atoms with Crippen molar-refractivity contribution in [3.05, 3.63) is 71.3 Å². The van der Waals surface area contributed by atoms with Gasteiger partial charge in [-0.1, -0.05) is 49.4 Å². The molecule has 0 bridgehead atoms. The Morgan fingerprint density at radius 2 is 1.73 bits per heavy atom. The third-order valence-electron chi connectivity index (χ3n) is 5.22. The van der Waals surface area contributed by atoms with Gasteiger partial charge in [0.2, 0.25) is 0 Å². The molecular formula is C25H30N4O4. The highest BCUT2D eigenvalue weighted by Gasteiger charge is 2.38. The standard InChI is InChI=1S/C25H30N4O4/c1-5-16-29-22(18-10-8-7-9-11-18)20(23(30)33-6-2)21(27-25(29)32)17-12-14-19(15-13-17)26-24(31)28(3)4/h7-15,21H,5-6,16H2,1-4H3,(H,26,31)(H,27,32). The fourth-order valence-corrected chi connectivity index (χ4v) is 3.67. The number of ether oxygens (including phenoxy) is 1. The molecule has 0 fully saturated rings. The largest absolute Gasteiger partial charge is 0.463 e. The van der Waals surface area contributed by atoms with Gasteiger partial charge in [0.15, 0.2) is 0 Å². The second-order valence-corrected chi connectivity index (χ2v) is 7.83. The number of rotatable bonds is 7. The van der Waals surface area contributed by atoms with E-state index in [9.17, 15) is 14.4 Å². The molecule has 0 aromatic heterocycles. The molecule has 0 radical (unpaired) electrons. The molecule has 2 N–H and O–H groups in total. The van der Waals surface area contributed by atoms with Crippen LogP contribution in [0.5, 0.6) is 0 Å². The van der Waals surface area contributed by atoms with Gasteiger partial charge in [0.1, 0.15) is 0 Å². The molecular weight excluding hydrogens is 420 g/mol. The Bertz CT molecular complexity index is 1030. The summed E-state index contributed by atoms with van der Waals surface area (Å²) in [6.45, 7) is 4.41. The third kappa shape index (κ3) is 5.34. The van der Waals surface area contributed by atoms with Crippen LogP contribution in [0.3, 0.4) is 0 Å². The number of nitrogens with one attached hydrogen (secondary N) is 2. The molecule has 2 aromatic carbocycles. The van der Waals surface area contributed by atoms with E-state index >= 15 is 0 Å². The fourth-order valence-electron chi connectivity index (χ4n) is 3.67. The van der Waals surface area contributed by atoms with Crippen molar-refractivity contribution < 1.29 is 19.1 Å². The van der Waals surface area contributed by atoms with E-state index in [1.54, 1.807) is 50.2 Å². The molecule has 33 heavy (non-hydrogen) atoms. The van der Waals surface area contributed by atoms with Crippen LogP contribution >= 0.6 is 0 Å². The first kappa shape index (κ1) is 23.8. The molecule has 8 heteroatoms. The lowest BCUT2D eigenvalue weighted by Gasteiger charge is -2.36. The number of hydrogen-bond acceptors (Lipinski definition) is 4. The van der Waals surface area contributed by atoms with Crippen LogP contribution in [0.1, 0.15) is 37.4 Å². The van der Waals surface area contributed by atoms with Crippen LogP contribution in [0.15, 0.2) is 60.2 Å². The van der Waals surface area contributed by atoms with Crippen LogP contribution in [0.25, 0.3) is 5.70 Å². The van der Waals surface area contributed by atoms with Crippen molar-refractivity contribution in [2.75, 3.05) is 32.6 Å². The highest BCUT2D eigenvalue weighted by Crippen LogP contribution is 2.37. The van der Waals surface area contributed by atoms with Crippen molar-refractivity contribution in [2.45, 2.75) is 26.3 Å². The smallest absolute Gasteiger partial charge is 0.338 e. The second-order valence-electron chi connectivity index (χ2n) is 7.83. The quantitative estimate of drug-likeness (QED) is 0.618. The maximum atomic E-state index is 13.2. The Morgan fingerprint density at radius 1 is 1.06 bits per heavy atom. The van der Waals surface area contributed by atoms with Crippen LogP contribution in [0, 0.1) is 0 Å². The van der Waals surface area contributed by atoms with E-state index in [2.05, 4.69) is 10.6 Å².